The molecule has 1 aromatic carbocycles. The van der Waals surface area contributed by atoms with E-state index < -0.39 is 5.72 Å². The van der Waals surface area contributed by atoms with Crippen molar-refractivity contribution in [1.82, 2.24) is 10.2 Å². The molecule has 2 bridgehead atoms. The number of ether oxygens (including phenoxy) is 2. The zero-order valence-corrected chi connectivity index (χ0v) is 13.9. The van der Waals surface area contributed by atoms with Gasteiger partial charge in [-0.15, -0.1) is 0 Å². The van der Waals surface area contributed by atoms with E-state index >= 15 is 0 Å². The number of fused-ring (bicyclic) bond motifs is 4. The van der Waals surface area contributed by atoms with E-state index in [4.69, 9.17) is 21.7 Å². The maximum absolute atomic E-state index is 6.25. The van der Waals surface area contributed by atoms with E-state index in [1.165, 1.54) is 0 Å². The molecule has 6 heteroatoms. The molecule has 20 heavy (non-hydrogen) atoms. The van der Waals surface area contributed by atoms with Crippen molar-refractivity contribution in [3.05, 3.63) is 28.2 Å². The van der Waals surface area contributed by atoms with Crippen molar-refractivity contribution < 1.29 is 9.47 Å². The maximum Gasteiger partial charge on any atom is 0.184 e. The molecule has 1 saturated heterocycles. The molecule has 0 radical (unpaired) electrons. The van der Waals surface area contributed by atoms with E-state index in [2.05, 4.69) is 39.1 Å². The SMILES string of the molecule is COCCN1C(=S)N[C@@H]2C[C@@]1(C)Oc1ccc(Br)cc12. The summed E-state index contributed by atoms with van der Waals surface area (Å²) < 4.78 is 12.5. The molecule has 2 aliphatic heterocycles. The summed E-state index contributed by atoms with van der Waals surface area (Å²) in [5.74, 6) is 0.921. The molecule has 0 saturated carbocycles. The van der Waals surface area contributed by atoms with Crippen LogP contribution in [0.25, 0.3) is 0 Å². The first-order valence-electron chi connectivity index (χ1n) is 6.59. The summed E-state index contributed by atoms with van der Waals surface area (Å²) in [6.07, 6.45) is 0.861. The molecule has 1 aromatic rings. The number of halogens is 1. The lowest BCUT2D eigenvalue weighted by Gasteiger charge is -2.52. The van der Waals surface area contributed by atoms with E-state index in [0.717, 1.165) is 33.9 Å². The van der Waals surface area contributed by atoms with Crippen LogP contribution in [-0.4, -0.2) is 36.0 Å². The van der Waals surface area contributed by atoms with Crippen LogP contribution >= 0.6 is 28.1 Å². The number of thiocarbonyl (C=S) groups is 1. The molecule has 2 aliphatic rings. The first-order valence-corrected chi connectivity index (χ1v) is 7.79. The third kappa shape index (κ3) is 2.29. The van der Waals surface area contributed by atoms with Crippen molar-refractivity contribution >= 4 is 33.3 Å². The number of hydrogen-bond donors (Lipinski definition) is 1. The van der Waals surface area contributed by atoms with E-state index in [-0.39, 0.29) is 6.04 Å². The van der Waals surface area contributed by atoms with Crippen LogP contribution < -0.4 is 10.1 Å². The van der Waals surface area contributed by atoms with Crippen LogP contribution in [-0.2, 0) is 4.74 Å². The fraction of sp³-hybridized carbons (Fsp3) is 0.500. The van der Waals surface area contributed by atoms with Gasteiger partial charge in [0, 0.05) is 30.1 Å². The Morgan fingerprint density at radius 2 is 2.40 bits per heavy atom. The lowest BCUT2D eigenvalue weighted by Crippen LogP contribution is -2.65. The number of rotatable bonds is 3. The highest BCUT2D eigenvalue weighted by atomic mass is 79.9. The Kier molecular flexibility index (Phi) is 3.64. The molecule has 3 rings (SSSR count). The monoisotopic (exact) mass is 356 g/mol. The molecule has 2 atom stereocenters. The first-order chi connectivity index (χ1) is 9.53. The van der Waals surface area contributed by atoms with Gasteiger partial charge in [0.05, 0.1) is 12.6 Å². The Hall–Kier alpha value is -0.850. The van der Waals surface area contributed by atoms with Gasteiger partial charge in [-0.25, -0.2) is 0 Å². The highest BCUT2D eigenvalue weighted by molar-refractivity contribution is 9.10. The van der Waals surface area contributed by atoms with Gasteiger partial charge in [0.2, 0.25) is 0 Å². The molecule has 0 aromatic heterocycles. The second-order valence-corrected chi connectivity index (χ2v) is 6.61. The van der Waals surface area contributed by atoms with Gasteiger partial charge in [0.25, 0.3) is 0 Å². The van der Waals surface area contributed by atoms with Gasteiger partial charge < -0.3 is 19.7 Å². The molecule has 2 heterocycles. The highest BCUT2D eigenvalue weighted by Crippen LogP contribution is 2.44. The molecule has 108 valence electrons. The Balaban J connectivity index is 1.96. The summed E-state index contributed by atoms with van der Waals surface area (Å²) in [5.41, 5.74) is 0.748. The number of methoxy groups -OCH3 is 1. The van der Waals surface area contributed by atoms with E-state index in [9.17, 15) is 0 Å². The molecule has 0 unspecified atom stereocenters. The molecular weight excluding hydrogens is 340 g/mol. The van der Waals surface area contributed by atoms with Gasteiger partial charge in [0.1, 0.15) is 5.75 Å². The Morgan fingerprint density at radius 1 is 1.60 bits per heavy atom. The topological polar surface area (TPSA) is 33.7 Å². The van der Waals surface area contributed by atoms with Crippen molar-refractivity contribution in [2.75, 3.05) is 20.3 Å². The van der Waals surface area contributed by atoms with E-state index in [1.807, 2.05) is 12.1 Å². The lowest BCUT2D eigenvalue weighted by molar-refractivity contribution is -0.0740. The minimum absolute atomic E-state index is 0.201. The van der Waals surface area contributed by atoms with Gasteiger partial charge in [0.15, 0.2) is 10.8 Å². The molecule has 0 amide bonds. The maximum atomic E-state index is 6.25. The second-order valence-electron chi connectivity index (χ2n) is 5.31. The second kappa shape index (κ2) is 5.16. The molecule has 0 aliphatic carbocycles. The third-order valence-corrected chi connectivity index (χ3v) is 4.72. The lowest BCUT2D eigenvalue weighted by atomic mass is 9.91. The fourth-order valence-electron chi connectivity index (χ4n) is 2.91. The summed E-state index contributed by atoms with van der Waals surface area (Å²) in [5, 5.41) is 4.14. The van der Waals surface area contributed by atoms with Crippen LogP contribution in [0.5, 0.6) is 5.75 Å². The highest BCUT2D eigenvalue weighted by Gasteiger charge is 2.47. The Morgan fingerprint density at radius 3 is 3.15 bits per heavy atom. The average Bonchev–Trinajstić information content (AvgIpc) is 2.39. The molecule has 4 nitrogen and oxygen atoms in total. The Bertz CT molecular complexity index is 554. The van der Waals surface area contributed by atoms with E-state index in [0.29, 0.717) is 6.61 Å². The predicted octanol–water partition coefficient (Wildman–Crippen LogP) is 2.83. The summed E-state index contributed by atoms with van der Waals surface area (Å²) in [4.78, 5) is 2.08. The summed E-state index contributed by atoms with van der Waals surface area (Å²) >= 11 is 9.01. The van der Waals surface area contributed by atoms with Crippen LogP contribution in [0.4, 0.5) is 0 Å². The molecule has 1 N–H and O–H groups in total. The normalized spacial score (nSPS) is 27.6. The van der Waals surface area contributed by atoms with Crippen molar-refractivity contribution in [2.24, 2.45) is 0 Å². The number of nitrogens with one attached hydrogen (secondary N) is 1. The van der Waals surface area contributed by atoms with Crippen LogP contribution in [0, 0.1) is 0 Å². The molecular formula is C14H17BrN2O2S. The van der Waals surface area contributed by atoms with Gasteiger partial charge in [-0.3, -0.25) is 0 Å². The third-order valence-electron chi connectivity index (χ3n) is 3.89. The van der Waals surface area contributed by atoms with Crippen LogP contribution in [0.3, 0.4) is 0 Å². The number of benzene rings is 1. The number of nitrogens with zero attached hydrogens (tertiary/aromatic N) is 1. The van der Waals surface area contributed by atoms with Gasteiger partial charge in [-0.2, -0.15) is 0 Å². The largest absolute Gasteiger partial charge is 0.468 e. The van der Waals surface area contributed by atoms with Crippen LogP contribution in [0.1, 0.15) is 24.9 Å². The standard InChI is InChI=1S/C14H17BrN2O2S/c1-14-8-11(16-13(20)17(14)5-6-18-2)10-7-9(15)3-4-12(10)19-14/h3-4,7,11H,5-6,8H2,1-2H3,(H,16,20)/t11-,14-/m1/s1. The summed E-state index contributed by atoms with van der Waals surface area (Å²) in [6, 6.07) is 6.31. The van der Waals surface area contributed by atoms with Crippen molar-refractivity contribution in [3.63, 3.8) is 0 Å². The average molecular weight is 357 g/mol. The van der Waals surface area contributed by atoms with Crippen LogP contribution in [0.2, 0.25) is 0 Å². The smallest absolute Gasteiger partial charge is 0.184 e. The van der Waals surface area contributed by atoms with Crippen molar-refractivity contribution in [3.8, 4) is 5.75 Å². The zero-order valence-electron chi connectivity index (χ0n) is 11.5. The minimum Gasteiger partial charge on any atom is -0.468 e. The number of hydrogen-bond acceptors (Lipinski definition) is 3. The van der Waals surface area contributed by atoms with Crippen molar-refractivity contribution in [2.45, 2.75) is 25.1 Å². The molecule has 0 spiro atoms. The predicted molar refractivity (Wildman–Crippen MR) is 84.8 cm³/mol. The van der Waals surface area contributed by atoms with Crippen LogP contribution in [0.15, 0.2) is 22.7 Å². The van der Waals surface area contributed by atoms with Gasteiger partial charge >= 0.3 is 0 Å². The van der Waals surface area contributed by atoms with Gasteiger partial charge in [-0.1, -0.05) is 15.9 Å². The molecule has 1 fully saturated rings. The first kappa shape index (κ1) is 14.1. The quantitative estimate of drug-likeness (QED) is 0.842. The van der Waals surface area contributed by atoms with Gasteiger partial charge in [-0.05, 0) is 37.3 Å². The fourth-order valence-corrected chi connectivity index (χ4v) is 3.71. The Labute approximate surface area is 132 Å². The summed E-state index contributed by atoms with van der Waals surface area (Å²) in [7, 11) is 1.69. The minimum atomic E-state index is -0.410. The zero-order chi connectivity index (χ0) is 14.3. The van der Waals surface area contributed by atoms with E-state index in [1.54, 1.807) is 7.11 Å². The van der Waals surface area contributed by atoms with Crippen molar-refractivity contribution in [1.29, 1.82) is 0 Å². The summed E-state index contributed by atoms with van der Waals surface area (Å²) in [6.45, 7) is 3.43.